The van der Waals surface area contributed by atoms with E-state index >= 15 is 0 Å². The average Bonchev–Trinajstić information content (AvgIpc) is 2.81. The van der Waals surface area contributed by atoms with E-state index in [9.17, 15) is 4.79 Å². The van der Waals surface area contributed by atoms with Crippen LogP contribution < -0.4 is 11.0 Å². The second-order valence-electron chi connectivity index (χ2n) is 5.13. The zero-order valence-corrected chi connectivity index (χ0v) is 11.3. The van der Waals surface area contributed by atoms with Gasteiger partial charge in [0.05, 0.1) is 5.54 Å². The maximum Gasteiger partial charge on any atom is 0.348 e. The number of aromatic amines is 1. The number of nitrogens with zero attached hydrogens (tertiary/aromatic N) is 3. The number of halogens is 1. The summed E-state index contributed by atoms with van der Waals surface area (Å²) in [5.41, 5.74) is 0.198. The Labute approximate surface area is 115 Å². The van der Waals surface area contributed by atoms with Crippen molar-refractivity contribution in [3.8, 4) is 0 Å². The number of anilines is 1. The topological polar surface area (TPSA) is 75.1 Å². The Kier molecular flexibility index (Phi) is 3.18. The Hall–Kier alpha value is -1.56. The Bertz CT molecular complexity index is 628. The van der Waals surface area contributed by atoms with Crippen molar-refractivity contribution in [2.24, 2.45) is 0 Å². The lowest BCUT2D eigenvalue weighted by molar-refractivity contribution is 0.352. The summed E-state index contributed by atoms with van der Waals surface area (Å²) in [7, 11) is 0. The summed E-state index contributed by atoms with van der Waals surface area (Å²) in [6.45, 7) is 0. The standard InChI is InChI=1S/C12H16ClN5O/c13-7-12(4-2-1-3-5-12)15-9-6-10-16-17-11(19)18(10)8-14-9/h6,8,15H,1-5,7H2,(H,17,19). The highest BCUT2D eigenvalue weighted by Gasteiger charge is 2.31. The minimum absolute atomic E-state index is 0.0816. The molecule has 3 rings (SSSR count). The van der Waals surface area contributed by atoms with Gasteiger partial charge in [0.25, 0.3) is 0 Å². The molecule has 6 nitrogen and oxygen atoms in total. The molecular weight excluding hydrogens is 266 g/mol. The third-order valence-electron chi connectivity index (χ3n) is 3.77. The van der Waals surface area contributed by atoms with Gasteiger partial charge >= 0.3 is 5.69 Å². The number of fused-ring (bicyclic) bond motifs is 1. The minimum Gasteiger partial charge on any atom is -0.363 e. The molecule has 0 bridgehead atoms. The lowest BCUT2D eigenvalue weighted by Gasteiger charge is -2.36. The summed E-state index contributed by atoms with van der Waals surface area (Å²) in [5, 5.41) is 9.76. The summed E-state index contributed by atoms with van der Waals surface area (Å²) in [6.07, 6.45) is 7.22. The van der Waals surface area contributed by atoms with Gasteiger partial charge in [0.1, 0.15) is 12.1 Å². The summed E-state index contributed by atoms with van der Waals surface area (Å²) in [4.78, 5) is 15.6. The summed E-state index contributed by atoms with van der Waals surface area (Å²) in [5.74, 6) is 1.28. The maximum absolute atomic E-state index is 11.4. The summed E-state index contributed by atoms with van der Waals surface area (Å²) >= 11 is 6.14. The lowest BCUT2D eigenvalue weighted by atomic mass is 9.83. The van der Waals surface area contributed by atoms with Crippen LogP contribution in [0.5, 0.6) is 0 Å². The second kappa shape index (κ2) is 4.85. The third kappa shape index (κ3) is 2.32. The highest BCUT2D eigenvalue weighted by atomic mass is 35.5. The Morgan fingerprint density at radius 3 is 2.95 bits per heavy atom. The molecule has 0 atom stereocenters. The van der Waals surface area contributed by atoms with Gasteiger partial charge in [-0.25, -0.2) is 19.3 Å². The van der Waals surface area contributed by atoms with Gasteiger partial charge in [0.15, 0.2) is 5.65 Å². The molecule has 1 saturated carbocycles. The van der Waals surface area contributed by atoms with Crippen LogP contribution in [0.4, 0.5) is 5.82 Å². The fourth-order valence-electron chi connectivity index (χ4n) is 2.67. The van der Waals surface area contributed by atoms with Gasteiger partial charge in [-0.05, 0) is 12.8 Å². The van der Waals surface area contributed by atoms with Gasteiger partial charge < -0.3 is 5.32 Å². The molecule has 2 heterocycles. The van der Waals surface area contributed by atoms with Crippen LogP contribution in [-0.2, 0) is 0 Å². The molecule has 0 saturated heterocycles. The molecular formula is C12H16ClN5O. The van der Waals surface area contributed by atoms with Crippen molar-refractivity contribution in [1.29, 1.82) is 0 Å². The predicted molar refractivity (Wildman–Crippen MR) is 73.8 cm³/mol. The van der Waals surface area contributed by atoms with Crippen molar-refractivity contribution < 1.29 is 0 Å². The van der Waals surface area contributed by atoms with Crippen LogP contribution in [0.15, 0.2) is 17.2 Å². The summed E-state index contributed by atoms with van der Waals surface area (Å²) < 4.78 is 1.37. The van der Waals surface area contributed by atoms with E-state index in [4.69, 9.17) is 11.6 Å². The number of aromatic nitrogens is 4. The molecule has 0 aromatic carbocycles. The fraction of sp³-hybridized carbons (Fsp3) is 0.583. The smallest absolute Gasteiger partial charge is 0.348 e. The first-order valence-corrected chi connectivity index (χ1v) is 7.03. The predicted octanol–water partition coefficient (Wildman–Crippen LogP) is 1.77. The summed E-state index contributed by atoms with van der Waals surface area (Å²) in [6, 6.07) is 1.76. The SMILES string of the molecule is O=c1[nH]nc2cc(NC3(CCl)CCCCC3)ncn12. The van der Waals surface area contributed by atoms with Crippen molar-refractivity contribution in [2.75, 3.05) is 11.2 Å². The molecule has 0 aliphatic heterocycles. The van der Waals surface area contributed by atoms with Crippen molar-refractivity contribution in [3.05, 3.63) is 22.9 Å². The Morgan fingerprint density at radius 1 is 1.42 bits per heavy atom. The highest BCUT2D eigenvalue weighted by Crippen LogP contribution is 2.32. The third-order valence-corrected chi connectivity index (χ3v) is 4.28. The lowest BCUT2D eigenvalue weighted by Crippen LogP contribution is -2.42. The first-order chi connectivity index (χ1) is 9.22. The molecule has 1 aliphatic carbocycles. The van der Waals surface area contributed by atoms with Gasteiger partial charge in [0.2, 0.25) is 0 Å². The van der Waals surface area contributed by atoms with Crippen LogP contribution in [0, 0.1) is 0 Å². The molecule has 1 fully saturated rings. The number of rotatable bonds is 3. The largest absolute Gasteiger partial charge is 0.363 e. The molecule has 0 radical (unpaired) electrons. The molecule has 7 heteroatoms. The monoisotopic (exact) mass is 281 g/mol. The number of hydrogen-bond donors (Lipinski definition) is 2. The van der Waals surface area contributed by atoms with Gasteiger partial charge in [0, 0.05) is 11.9 Å². The van der Waals surface area contributed by atoms with Crippen LogP contribution in [0.3, 0.4) is 0 Å². The van der Waals surface area contributed by atoms with E-state index in [1.165, 1.54) is 30.0 Å². The van der Waals surface area contributed by atoms with Gasteiger partial charge in [-0.1, -0.05) is 19.3 Å². The Morgan fingerprint density at radius 2 is 2.21 bits per heavy atom. The van der Waals surface area contributed by atoms with Crippen LogP contribution in [-0.4, -0.2) is 31.0 Å². The van der Waals surface area contributed by atoms with E-state index in [1.54, 1.807) is 6.07 Å². The van der Waals surface area contributed by atoms with E-state index in [1.807, 2.05) is 0 Å². The quantitative estimate of drug-likeness (QED) is 0.841. The van der Waals surface area contributed by atoms with Crippen LogP contribution in [0.2, 0.25) is 0 Å². The Balaban J connectivity index is 1.89. The van der Waals surface area contributed by atoms with E-state index in [-0.39, 0.29) is 11.2 Å². The normalized spacial score (nSPS) is 18.6. The second-order valence-corrected chi connectivity index (χ2v) is 5.40. The zero-order valence-electron chi connectivity index (χ0n) is 10.5. The molecule has 1 aliphatic rings. The van der Waals surface area contributed by atoms with Crippen LogP contribution in [0.1, 0.15) is 32.1 Å². The van der Waals surface area contributed by atoms with Crippen LogP contribution in [0.25, 0.3) is 5.65 Å². The van der Waals surface area contributed by atoms with E-state index < -0.39 is 0 Å². The van der Waals surface area contributed by atoms with Crippen molar-refractivity contribution in [2.45, 2.75) is 37.6 Å². The molecule has 0 amide bonds. The highest BCUT2D eigenvalue weighted by molar-refractivity contribution is 6.18. The van der Waals surface area contributed by atoms with E-state index in [2.05, 4.69) is 20.5 Å². The van der Waals surface area contributed by atoms with Gasteiger partial charge in [-0.3, -0.25) is 0 Å². The molecule has 2 N–H and O–H groups in total. The number of hydrogen-bond acceptors (Lipinski definition) is 4. The number of alkyl halides is 1. The first-order valence-electron chi connectivity index (χ1n) is 6.49. The molecule has 102 valence electrons. The molecule has 0 spiro atoms. The maximum atomic E-state index is 11.4. The fourth-order valence-corrected chi connectivity index (χ4v) is 3.00. The number of H-pyrrole nitrogens is 1. The first kappa shape index (κ1) is 12.5. The van der Waals surface area contributed by atoms with Crippen molar-refractivity contribution in [3.63, 3.8) is 0 Å². The number of nitrogens with one attached hydrogen (secondary N) is 2. The molecule has 0 unspecified atom stereocenters. The van der Waals surface area contributed by atoms with Gasteiger partial charge in [-0.15, -0.1) is 11.6 Å². The van der Waals surface area contributed by atoms with E-state index in [0.29, 0.717) is 17.3 Å². The van der Waals surface area contributed by atoms with Crippen molar-refractivity contribution in [1.82, 2.24) is 19.6 Å². The average molecular weight is 282 g/mol. The molecule has 2 aromatic heterocycles. The van der Waals surface area contributed by atoms with E-state index in [0.717, 1.165) is 12.8 Å². The molecule has 19 heavy (non-hydrogen) atoms. The van der Waals surface area contributed by atoms with Gasteiger partial charge in [-0.2, -0.15) is 5.10 Å². The van der Waals surface area contributed by atoms with Crippen LogP contribution >= 0.6 is 11.6 Å². The molecule has 2 aromatic rings. The minimum atomic E-state index is -0.279. The van der Waals surface area contributed by atoms with Crippen molar-refractivity contribution >= 4 is 23.1 Å². The zero-order chi connectivity index (χ0) is 13.3.